The zero-order valence-electron chi connectivity index (χ0n) is 12.9. The molecule has 0 spiro atoms. The van der Waals surface area contributed by atoms with Gasteiger partial charge in [0.05, 0.1) is 0 Å². The molecule has 1 aliphatic rings. The minimum atomic E-state index is -0.0224. The van der Waals surface area contributed by atoms with Crippen molar-refractivity contribution in [2.45, 2.75) is 32.2 Å². The maximum absolute atomic E-state index is 12.8. The van der Waals surface area contributed by atoms with Gasteiger partial charge in [0, 0.05) is 18.2 Å². The average molecular weight is 349 g/mol. The van der Waals surface area contributed by atoms with E-state index in [1.54, 1.807) is 12.1 Å². The van der Waals surface area contributed by atoms with Crippen LogP contribution in [0.2, 0.25) is 10.3 Å². The lowest BCUT2D eigenvalue weighted by Gasteiger charge is -2.25. The summed E-state index contributed by atoms with van der Waals surface area (Å²) in [5, 5.41) is 0.491. The van der Waals surface area contributed by atoms with E-state index >= 15 is 0 Å². The fourth-order valence-corrected chi connectivity index (χ4v) is 3.53. The van der Waals surface area contributed by atoms with Crippen LogP contribution in [0, 0.1) is 6.92 Å². The number of hydrogen-bond donors (Lipinski definition) is 0. The summed E-state index contributed by atoms with van der Waals surface area (Å²) >= 11 is 11.8. The van der Waals surface area contributed by atoms with Crippen molar-refractivity contribution in [2.24, 2.45) is 0 Å². The molecule has 1 aromatic heterocycles. The summed E-state index contributed by atoms with van der Waals surface area (Å²) < 4.78 is 0. The van der Waals surface area contributed by atoms with Crippen LogP contribution >= 0.6 is 23.2 Å². The third kappa shape index (κ3) is 3.85. The Balaban J connectivity index is 1.77. The average Bonchev–Trinajstić information content (AvgIpc) is 2.96. The Bertz CT molecular complexity index is 695. The van der Waals surface area contributed by atoms with Gasteiger partial charge in [-0.25, -0.2) is 4.98 Å². The Morgan fingerprint density at radius 1 is 1.22 bits per heavy atom. The number of hydrogen-bond acceptors (Lipinski definition) is 2. The molecule has 0 N–H and O–H groups in total. The fourth-order valence-electron chi connectivity index (χ4n) is 3.07. The van der Waals surface area contributed by atoms with Gasteiger partial charge in [0.1, 0.15) is 10.3 Å². The number of carbonyl (C=O) groups excluding carboxylic acids is 1. The predicted molar refractivity (Wildman–Crippen MR) is 93.2 cm³/mol. The van der Waals surface area contributed by atoms with Gasteiger partial charge in [-0.3, -0.25) is 4.79 Å². The summed E-state index contributed by atoms with van der Waals surface area (Å²) in [5.74, 6) is -0.0224. The quantitative estimate of drug-likeness (QED) is 0.762. The number of pyridine rings is 1. The number of aryl methyl sites for hydroxylation is 1. The number of rotatable bonds is 3. The Hall–Kier alpha value is -1.58. The van der Waals surface area contributed by atoms with Crippen molar-refractivity contribution in [3.63, 3.8) is 0 Å². The lowest BCUT2D eigenvalue weighted by Crippen LogP contribution is -2.36. The summed E-state index contributed by atoms with van der Waals surface area (Å²) in [6, 6.07) is 11.9. The first kappa shape index (κ1) is 16.3. The summed E-state index contributed by atoms with van der Waals surface area (Å²) in [7, 11) is 0. The smallest absolute Gasteiger partial charge is 0.254 e. The van der Waals surface area contributed by atoms with Crippen molar-refractivity contribution in [3.8, 4) is 0 Å². The molecule has 3 nitrogen and oxygen atoms in total. The zero-order valence-corrected chi connectivity index (χ0v) is 14.4. The van der Waals surface area contributed by atoms with E-state index in [9.17, 15) is 4.79 Å². The molecule has 0 bridgehead atoms. The molecule has 0 saturated carbocycles. The molecular formula is C18H18Cl2N2O. The second kappa shape index (κ2) is 6.90. The Labute approximate surface area is 146 Å². The van der Waals surface area contributed by atoms with E-state index in [0.717, 1.165) is 25.8 Å². The molecule has 3 rings (SSSR count). The summed E-state index contributed by atoms with van der Waals surface area (Å²) in [4.78, 5) is 18.6. The van der Waals surface area contributed by atoms with Gasteiger partial charge in [0.2, 0.25) is 0 Å². The van der Waals surface area contributed by atoms with Crippen molar-refractivity contribution in [1.82, 2.24) is 9.88 Å². The number of halogens is 2. The molecule has 1 aliphatic heterocycles. The van der Waals surface area contributed by atoms with Gasteiger partial charge in [-0.15, -0.1) is 0 Å². The van der Waals surface area contributed by atoms with Crippen LogP contribution in [0.5, 0.6) is 0 Å². The van der Waals surface area contributed by atoms with E-state index in [-0.39, 0.29) is 22.3 Å². The highest BCUT2D eigenvalue weighted by molar-refractivity contribution is 6.33. The van der Waals surface area contributed by atoms with E-state index in [0.29, 0.717) is 5.56 Å². The summed E-state index contributed by atoms with van der Waals surface area (Å²) in [6.07, 6.45) is 2.92. The molecule has 1 atom stereocenters. The highest BCUT2D eigenvalue weighted by atomic mass is 35.5. The second-order valence-electron chi connectivity index (χ2n) is 5.99. The minimum absolute atomic E-state index is 0.0224. The maximum atomic E-state index is 12.8. The molecule has 5 heteroatoms. The standard InChI is InChI=1S/C18H18Cl2N2O/c1-12-4-6-13(7-5-12)9-15-3-2-8-22(15)18(23)14-10-16(19)21-17(20)11-14/h4-7,10-11,15H,2-3,8-9H2,1H3. The van der Waals surface area contributed by atoms with Crippen LogP contribution in [0.15, 0.2) is 36.4 Å². The lowest BCUT2D eigenvalue weighted by atomic mass is 10.0. The van der Waals surface area contributed by atoms with Crippen molar-refractivity contribution < 1.29 is 4.79 Å². The van der Waals surface area contributed by atoms with Gasteiger partial charge in [0.15, 0.2) is 0 Å². The number of amides is 1. The molecular weight excluding hydrogens is 331 g/mol. The van der Waals surface area contributed by atoms with E-state index in [1.165, 1.54) is 11.1 Å². The molecule has 0 radical (unpaired) electrons. The Kier molecular flexibility index (Phi) is 4.88. The third-order valence-corrected chi connectivity index (χ3v) is 4.63. The Morgan fingerprint density at radius 2 is 1.87 bits per heavy atom. The third-order valence-electron chi connectivity index (χ3n) is 4.24. The molecule has 1 fully saturated rings. The van der Waals surface area contributed by atoms with Crippen LogP contribution in [0.25, 0.3) is 0 Å². The van der Waals surface area contributed by atoms with Crippen LogP contribution < -0.4 is 0 Å². The van der Waals surface area contributed by atoms with Crippen molar-refractivity contribution in [1.29, 1.82) is 0 Å². The molecule has 1 amide bonds. The topological polar surface area (TPSA) is 33.2 Å². The SMILES string of the molecule is Cc1ccc(CC2CCCN2C(=O)c2cc(Cl)nc(Cl)c2)cc1. The normalized spacial score (nSPS) is 17.5. The largest absolute Gasteiger partial charge is 0.335 e. The second-order valence-corrected chi connectivity index (χ2v) is 6.76. The zero-order chi connectivity index (χ0) is 16.4. The number of aromatic nitrogens is 1. The van der Waals surface area contributed by atoms with E-state index in [2.05, 4.69) is 36.2 Å². The van der Waals surface area contributed by atoms with Crippen molar-refractivity contribution >= 4 is 29.1 Å². The predicted octanol–water partition coefficient (Wildman–Crippen LogP) is 4.54. The molecule has 0 aliphatic carbocycles. The van der Waals surface area contributed by atoms with Gasteiger partial charge in [-0.05, 0) is 43.9 Å². The first-order chi connectivity index (χ1) is 11.0. The van der Waals surface area contributed by atoms with Crippen LogP contribution in [-0.4, -0.2) is 28.4 Å². The summed E-state index contributed by atoms with van der Waals surface area (Å²) in [5.41, 5.74) is 3.01. The van der Waals surface area contributed by atoms with Crippen LogP contribution in [0.4, 0.5) is 0 Å². The first-order valence-electron chi connectivity index (χ1n) is 7.72. The molecule has 1 unspecified atom stereocenters. The Morgan fingerprint density at radius 3 is 2.52 bits per heavy atom. The lowest BCUT2D eigenvalue weighted by molar-refractivity contribution is 0.0736. The monoisotopic (exact) mass is 348 g/mol. The molecule has 1 saturated heterocycles. The number of benzene rings is 1. The van der Waals surface area contributed by atoms with Gasteiger partial charge < -0.3 is 4.90 Å². The van der Waals surface area contributed by atoms with Crippen molar-refractivity contribution in [2.75, 3.05) is 6.54 Å². The van der Waals surface area contributed by atoms with Crippen LogP contribution in [-0.2, 0) is 6.42 Å². The van der Waals surface area contributed by atoms with Crippen LogP contribution in [0.1, 0.15) is 34.3 Å². The molecule has 2 aromatic rings. The molecule has 1 aromatic carbocycles. The van der Waals surface area contributed by atoms with Gasteiger partial charge in [-0.1, -0.05) is 53.0 Å². The van der Waals surface area contributed by atoms with Gasteiger partial charge in [-0.2, -0.15) is 0 Å². The van der Waals surface area contributed by atoms with E-state index in [1.807, 2.05) is 4.90 Å². The highest BCUT2D eigenvalue weighted by Gasteiger charge is 2.29. The van der Waals surface area contributed by atoms with Crippen LogP contribution in [0.3, 0.4) is 0 Å². The fraction of sp³-hybridized carbons (Fsp3) is 0.333. The number of likely N-dealkylation sites (tertiary alicyclic amines) is 1. The molecule has 120 valence electrons. The summed E-state index contributed by atoms with van der Waals surface area (Å²) in [6.45, 7) is 2.85. The number of nitrogens with zero attached hydrogens (tertiary/aromatic N) is 2. The van der Waals surface area contributed by atoms with Gasteiger partial charge >= 0.3 is 0 Å². The number of carbonyl (C=O) groups is 1. The first-order valence-corrected chi connectivity index (χ1v) is 8.48. The van der Waals surface area contributed by atoms with Crippen molar-refractivity contribution in [3.05, 3.63) is 63.4 Å². The van der Waals surface area contributed by atoms with E-state index in [4.69, 9.17) is 23.2 Å². The highest BCUT2D eigenvalue weighted by Crippen LogP contribution is 2.25. The molecule has 23 heavy (non-hydrogen) atoms. The van der Waals surface area contributed by atoms with E-state index < -0.39 is 0 Å². The maximum Gasteiger partial charge on any atom is 0.254 e. The minimum Gasteiger partial charge on any atom is -0.335 e. The van der Waals surface area contributed by atoms with Gasteiger partial charge in [0.25, 0.3) is 5.91 Å². The molecule has 2 heterocycles.